The fourth-order valence-corrected chi connectivity index (χ4v) is 1.05. The zero-order valence-electron chi connectivity index (χ0n) is 8.12. The third kappa shape index (κ3) is 3.06. The first-order valence-corrected chi connectivity index (χ1v) is 4.47. The molecule has 76 valence electrons. The summed E-state index contributed by atoms with van der Waals surface area (Å²) in [6.45, 7) is 2.01. The van der Waals surface area contributed by atoms with Gasteiger partial charge < -0.3 is 4.74 Å². The number of hydrogen-bond acceptors (Lipinski definition) is 3. The average Bonchev–Trinajstić information content (AvgIpc) is 2.26. The van der Waals surface area contributed by atoms with Crippen LogP contribution >= 0.6 is 0 Å². The Bertz CT molecular complexity index is 313. The number of hydrogen-bond donors (Lipinski definition) is 2. The van der Waals surface area contributed by atoms with Crippen molar-refractivity contribution in [3.05, 3.63) is 29.8 Å². The van der Waals surface area contributed by atoms with Crippen molar-refractivity contribution in [2.24, 2.45) is 5.84 Å². The lowest BCUT2D eigenvalue weighted by atomic mass is 10.2. The zero-order valence-corrected chi connectivity index (χ0v) is 8.12. The van der Waals surface area contributed by atoms with Crippen molar-refractivity contribution in [2.75, 3.05) is 6.61 Å². The van der Waals surface area contributed by atoms with E-state index >= 15 is 0 Å². The molecule has 0 heterocycles. The highest BCUT2D eigenvalue weighted by molar-refractivity contribution is 5.76. The first-order chi connectivity index (χ1) is 6.76. The second-order valence-electron chi connectivity index (χ2n) is 2.86. The molecule has 0 saturated heterocycles. The fraction of sp³-hybridized carbons (Fsp3) is 0.300. The third-order valence-corrected chi connectivity index (χ3v) is 1.84. The predicted octanol–water partition coefficient (Wildman–Crippen LogP) is 0.618. The topological polar surface area (TPSA) is 64.3 Å². The van der Waals surface area contributed by atoms with Crippen LogP contribution in [0.15, 0.2) is 24.3 Å². The fourth-order valence-electron chi connectivity index (χ4n) is 1.05. The van der Waals surface area contributed by atoms with Gasteiger partial charge in [-0.3, -0.25) is 10.2 Å². The van der Waals surface area contributed by atoms with E-state index < -0.39 is 0 Å². The van der Waals surface area contributed by atoms with Crippen molar-refractivity contribution in [3.63, 3.8) is 0 Å². The molecule has 0 aliphatic carbocycles. The maximum Gasteiger partial charge on any atom is 0.271 e. The summed E-state index contributed by atoms with van der Waals surface area (Å²) in [5.74, 6) is 5.26. The van der Waals surface area contributed by atoms with Crippen molar-refractivity contribution in [1.82, 2.24) is 5.43 Å². The number of nitrogens with two attached hydrogens (primary N) is 1. The maximum atomic E-state index is 10.8. The third-order valence-electron chi connectivity index (χ3n) is 1.84. The highest BCUT2D eigenvalue weighted by Gasteiger charge is 2.00. The van der Waals surface area contributed by atoms with E-state index in [0.29, 0.717) is 5.75 Å². The predicted molar refractivity (Wildman–Crippen MR) is 53.6 cm³/mol. The van der Waals surface area contributed by atoms with E-state index in [4.69, 9.17) is 10.6 Å². The Kier molecular flexibility index (Phi) is 3.94. The van der Waals surface area contributed by atoms with Crippen molar-refractivity contribution in [3.8, 4) is 5.75 Å². The summed E-state index contributed by atoms with van der Waals surface area (Å²) in [7, 11) is 0. The molecule has 4 nitrogen and oxygen atoms in total. The van der Waals surface area contributed by atoms with Crippen molar-refractivity contribution >= 4 is 5.91 Å². The molecule has 1 aromatic rings. The largest absolute Gasteiger partial charge is 0.484 e. The van der Waals surface area contributed by atoms with Crippen LogP contribution in [0.25, 0.3) is 0 Å². The summed E-state index contributed by atoms with van der Waals surface area (Å²) in [5.41, 5.74) is 3.18. The number of aryl methyl sites for hydroxylation is 1. The minimum Gasteiger partial charge on any atom is -0.484 e. The molecule has 1 rings (SSSR count). The van der Waals surface area contributed by atoms with Gasteiger partial charge in [-0.25, -0.2) is 5.84 Å². The molecule has 0 aromatic heterocycles. The molecule has 0 bridgehead atoms. The molecule has 0 fully saturated rings. The van der Waals surface area contributed by atoms with Gasteiger partial charge in [0.25, 0.3) is 5.91 Å². The molecule has 4 heteroatoms. The number of carbonyl (C=O) groups excluding carboxylic acids is 1. The van der Waals surface area contributed by atoms with Crippen LogP contribution in [0.3, 0.4) is 0 Å². The van der Waals surface area contributed by atoms with Gasteiger partial charge in [-0.15, -0.1) is 0 Å². The van der Waals surface area contributed by atoms with Crippen molar-refractivity contribution in [1.29, 1.82) is 0 Å². The van der Waals surface area contributed by atoms with E-state index in [1.165, 1.54) is 5.56 Å². The molecular formula is C10H14N2O2. The first kappa shape index (κ1) is 10.5. The Labute approximate surface area is 83.0 Å². The Morgan fingerprint density at radius 1 is 1.57 bits per heavy atom. The molecule has 3 N–H and O–H groups in total. The van der Waals surface area contributed by atoms with E-state index in [-0.39, 0.29) is 12.5 Å². The van der Waals surface area contributed by atoms with Crippen LogP contribution in [-0.4, -0.2) is 12.5 Å². The van der Waals surface area contributed by atoms with Crippen LogP contribution in [-0.2, 0) is 11.2 Å². The molecule has 0 aliphatic heterocycles. The number of hydrazine groups is 1. The maximum absolute atomic E-state index is 10.8. The van der Waals surface area contributed by atoms with Crippen LogP contribution in [0.1, 0.15) is 12.5 Å². The second kappa shape index (κ2) is 5.24. The van der Waals surface area contributed by atoms with Gasteiger partial charge in [0.05, 0.1) is 0 Å². The summed E-state index contributed by atoms with van der Waals surface area (Å²) in [6, 6.07) is 7.62. The van der Waals surface area contributed by atoms with Crippen molar-refractivity contribution < 1.29 is 9.53 Å². The standard InChI is InChI=1S/C10H14N2O2/c1-2-8-4-3-5-9(6-8)14-7-10(13)12-11/h3-6H,2,7,11H2,1H3,(H,12,13). The molecule has 1 amide bonds. The number of carbonyl (C=O) groups is 1. The van der Waals surface area contributed by atoms with Crippen LogP contribution in [0, 0.1) is 0 Å². The average molecular weight is 194 g/mol. The number of nitrogens with one attached hydrogen (secondary N) is 1. The van der Waals surface area contributed by atoms with Gasteiger partial charge in [-0.2, -0.15) is 0 Å². The summed E-state index contributed by atoms with van der Waals surface area (Å²) in [4.78, 5) is 10.8. The number of amides is 1. The first-order valence-electron chi connectivity index (χ1n) is 4.47. The lowest BCUT2D eigenvalue weighted by Gasteiger charge is -2.05. The molecule has 14 heavy (non-hydrogen) atoms. The quantitative estimate of drug-likeness (QED) is 0.419. The molecule has 0 atom stereocenters. The van der Waals surface area contributed by atoms with Crippen molar-refractivity contribution in [2.45, 2.75) is 13.3 Å². The van der Waals surface area contributed by atoms with E-state index in [2.05, 4.69) is 6.92 Å². The van der Waals surface area contributed by atoms with E-state index in [9.17, 15) is 4.79 Å². The lowest BCUT2D eigenvalue weighted by Crippen LogP contribution is -2.34. The van der Waals surface area contributed by atoms with Gasteiger partial charge in [-0.1, -0.05) is 19.1 Å². The number of rotatable bonds is 4. The zero-order chi connectivity index (χ0) is 10.4. The van der Waals surface area contributed by atoms with Gasteiger partial charge in [0.1, 0.15) is 5.75 Å². The molecule has 0 unspecified atom stereocenters. The van der Waals surface area contributed by atoms with Gasteiger partial charge in [0.2, 0.25) is 0 Å². The van der Waals surface area contributed by atoms with Crippen LogP contribution in [0.5, 0.6) is 5.75 Å². The Hall–Kier alpha value is -1.55. The highest BCUT2D eigenvalue weighted by atomic mass is 16.5. The minimum atomic E-state index is -0.341. The number of benzene rings is 1. The molecular weight excluding hydrogens is 180 g/mol. The van der Waals surface area contributed by atoms with Crippen LogP contribution < -0.4 is 16.0 Å². The highest BCUT2D eigenvalue weighted by Crippen LogP contribution is 2.13. The lowest BCUT2D eigenvalue weighted by molar-refractivity contribution is -0.123. The van der Waals surface area contributed by atoms with Gasteiger partial charge >= 0.3 is 0 Å². The summed E-state index contributed by atoms with van der Waals surface area (Å²) in [5, 5.41) is 0. The second-order valence-corrected chi connectivity index (χ2v) is 2.86. The van der Waals surface area contributed by atoms with Crippen LogP contribution in [0.2, 0.25) is 0 Å². The van der Waals surface area contributed by atoms with E-state index in [1.54, 1.807) is 0 Å². The molecule has 0 spiro atoms. The number of ether oxygens (including phenoxy) is 1. The summed E-state index contributed by atoms with van der Waals surface area (Å²) in [6.07, 6.45) is 0.945. The summed E-state index contributed by atoms with van der Waals surface area (Å²) < 4.78 is 5.21. The monoisotopic (exact) mass is 194 g/mol. The Morgan fingerprint density at radius 3 is 3.00 bits per heavy atom. The normalized spacial score (nSPS) is 9.57. The van der Waals surface area contributed by atoms with E-state index in [0.717, 1.165) is 6.42 Å². The smallest absolute Gasteiger partial charge is 0.271 e. The Balaban J connectivity index is 2.54. The van der Waals surface area contributed by atoms with Gasteiger partial charge in [0, 0.05) is 0 Å². The molecule has 1 aromatic carbocycles. The SMILES string of the molecule is CCc1cccc(OCC(=O)NN)c1. The molecule has 0 saturated carbocycles. The summed E-state index contributed by atoms with van der Waals surface area (Å²) >= 11 is 0. The Morgan fingerprint density at radius 2 is 2.36 bits per heavy atom. The van der Waals surface area contributed by atoms with Crippen LogP contribution in [0.4, 0.5) is 0 Å². The van der Waals surface area contributed by atoms with Gasteiger partial charge in [0.15, 0.2) is 6.61 Å². The molecule has 0 radical (unpaired) electrons. The minimum absolute atomic E-state index is 0.0519. The molecule has 0 aliphatic rings. The van der Waals surface area contributed by atoms with E-state index in [1.807, 2.05) is 29.7 Å². The van der Waals surface area contributed by atoms with Gasteiger partial charge in [-0.05, 0) is 24.1 Å².